The van der Waals surface area contributed by atoms with Gasteiger partial charge in [0.15, 0.2) is 3.92 Å². The van der Waals surface area contributed by atoms with Crippen LogP contribution in [0.4, 0.5) is 0 Å². The number of nitrogens with two attached hydrogens (primary N) is 1. The van der Waals surface area contributed by atoms with Gasteiger partial charge in [-0.3, -0.25) is 0 Å². The highest BCUT2D eigenvalue weighted by Crippen LogP contribution is 2.19. The zero-order chi connectivity index (χ0) is 7.56. The van der Waals surface area contributed by atoms with Gasteiger partial charge in [0, 0.05) is 5.38 Å². The molecule has 0 aliphatic rings. The van der Waals surface area contributed by atoms with Crippen molar-refractivity contribution in [3.05, 3.63) is 15.0 Å². The van der Waals surface area contributed by atoms with Gasteiger partial charge in [0.1, 0.15) is 0 Å². The first-order valence-electron chi connectivity index (χ1n) is 2.71. The van der Waals surface area contributed by atoms with E-state index in [1.54, 1.807) is 0 Å². The van der Waals surface area contributed by atoms with Crippen LogP contribution in [0, 0.1) is 0 Å². The maximum Gasteiger partial charge on any atom is 0.159 e. The highest BCUT2D eigenvalue weighted by molar-refractivity contribution is 9.11. The van der Waals surface area contributed by atoms with E-state index >= 15 is 0 Å². The van der Waals surface area contributed by atoms with E-state index in [1.165, 1.54) is 11.3 Å². The van der Waals surface area contributed by atoms with E-state index in [2.05, 4.69) is 20.9 Å². The first kappa shape index (κ1) is 8.13. The van der Waals surface area contributed by atoms with Gasteiger partial charge in [0.25, 0.3) is 0 Å². The minimum absolute atomic E-state index is 0.0594. The quantitative estimate of drug-likeness (QED) is 0.782. The zero-order valence-corrected chi connectivity index (χ0v) is 7.52. The molecule has 1 rings (SSSR count). The zero-order valence-electron chi connectivity index (χ0n) is 5.12. The Bertz CT molecular complexity index is 215. The maximum atomic E-state index is 8.62. The van der Waals surface area contributed by atoms with Crippen molar-refractivity contribution in [2.45, 2.75) is 6.04 Å². The fourth-order valence-corrected chi connectivity index (χ4v) is 1.62. The first-order chi connectivity index (χ1) is 4.74. The molecule has 0 unspecified atom stereocenters. The topological polar surface area (TPSA) is 59.1 Å². The van der Waals surface area contributed by atoms with Crippen LogP contribution >= 0.6 is 27.3 Å². The average molecular weight is 223 g/mol. The predicted molar refractivity (Wildman–Crippen MR) is 43.8 cm³/mol. The molecule has 0 bridgehead atoms. The molecule has 0 fully saturated rings. The van der Waals surface area contributed by atoms with Crippen LogP contribution in [0.1, 0.15) is 11.7 Å². The summed E-state index contributed by atoms with van der Waals surface area (Å²) in [5.41, 5.74) is 6.22. The van der Waals surface area contributed by atoms with Crippen molar-refractivity contribution in [1.29, 1.82) is 0 Å². The smallest absolute Gasteiger partial charge is 0.159 e. The summed E-state index contributed by atoms with van der Waals surface area (Å²) >= 11 is 4.66. The van der Waals surface area contributed by atoms with Crippen molar-refractivity contribution < 1.29 is 5.11 Å². The van der Waals surface area contributed by atoms with E-state index in [9.17, 15) is 0 Å². The molecule has 0 aliphatic carbocycles. The maximum absolute atomic E-state index is 8.62. The van der Waals surface area contributed by atoms with Gasteiger partial charge >= 0.3 is 0 Å². The Morgan fingerprint density at radius 3 is 3.00 bits per heavy atom. The van der Waals surface area contributed by atoms with E-state index in [-0.39, 0.29) is 12.6 Å². The van der Waals surface area contributed by atoms with Crippen LogP contribution < -0.4 is 5.73 Å². The number of rotatable bonds is 2. The molecule has 0 aliphatic heterocycles. The number of nitrogens with zero attached hydrogens (tertiary/aromatic N) is 1. The molecule has 1 atom stereocenters. The van der Waals surface area contributed by atoms with Crippen LogP contribution in [0.3, 0.4) is 0 Å². The lowest BCUT2D eigenvalue weighted by Crippen LogP contribution is -2.14. The predicted octanol–water partition coefficient (Wildman–Crippen LogP) is 0.898. The van der Waals surface area contributed by atoms with E-state index in [0.717, 1.165) is 9.61 Å². The molecule has 1 aromatic rings. The summed E-state index contributed by atoms with van der Waals surface area (Å²) in [7, 11) is 0. The largest absolute Gasteiger partial charge is 0.394 e. The summed E-state index contributed by atoms with van der Waals surface area (Å²) in [4.78, 5) is 4.03. The van der Waals surface area contributed by atoms with Gasteiger partial charge in [-0.1, -0.05) is 0 Å². The minimum Gasteiger partial charge on any atom is -0.394 e. The standard InChI is InChI=1S/C5H7BrN2OS/c6-5-8-4(2-10-5)3(7)1-9/h2-3,9H,1,7H2/t3-/m1/s1. The normalized spacial score (nSPS) is 13.5. The summed E-state index contributed by atoms with van der Waals surface area (Å²) in [5.74, 6) is 0. The average Bonchev–Trinajstić information content (AvgIpc) is 2.34. The second kappa shape index (κ2) is 3.43. The van der Waals surface area contributed by atoms with Crippen LogP contribution in [0.25, 0.3) is 0 Å². The molecule has 3 nitrogen and oxygen atoms in total. The molecular weight excluding hydrogens is 216 g/mol. The van der Waals surface area contributed by atoms with Crippen LogP contribution in [-0.4, -0.2) is 16.7 Å². The lowest BCUT2D eigenvalue weighted by atomic mass is 10.3. The Labute approximate surface area is 71.0 Å². The highest BCUT2D eigenvalue weighted by Gasteiger charge is 2.06. The van der Waals surface area contributed by atoms with Crippen molar-refractivity contribution in [1.82, 2.24) is 4.98 Å². The Morgan fingerprint density at radius 2 is 2.60 bits per heavy atom. The number of aliphatic hydroxyl groups excluding tert-OH is 1. The number of thiazole rings is 1. The molecule has 5 heteroatoms. The van der Waals surface area contributed by atoms with Gasteiger partial charge in [0.05, 0.1) is 18.3 Å². The molecule has 1 heterocycles. The number of hydrogen-bond donors (Lipinski definition) is 2. The summed E-state index contributed by atoms with van der Waals surface area (Å²) in [6.45, 7) is -0.0594. The van der Waals surface area contributed by atoms with Gasteiger partial charge in [-0.2, -0.15) is 0 Å². The van der Waals surface area contributed by atoms with Gasteiger partial charge in [0.2, 0.25) is 0 Å². The molecular formula is C5H7BrN2OS. The van der Waals surface area contributed by atoms with Gasteiger partial charge in [-0.05, 0) is 15.9 Å². The summed E-state index contributed by atoms with van der Waals surface area (Å²) in [5, 5.41) is 10.4. The number of halogens is 1. The molecule has 0 spiro atoms. The first-order valence-corrected chi connectivity index (χ1v) is 4.38. The van der Waals surface area contributed by atoms with E-state index in [4.69, 9.17) is 10.8 Å². The summed E-state index contributed by atoms with van der Waals surface area (Å²) in [6.07, 6.45) is 0. The Balaban J connectivity index is 2.74. The molecule has 1 aromatic heterocycles. The monoisotopic (exact) mass is 222 g/mol. The van der Waals surface area contributed by atoms with Crippen LogP contribution in [0.15, 0.2) is 9.30 Å². The third-order valence-corrected chi connectivity index (χ3v) is 2.45. The molecule has 0 saturated heterocycles. The lowest BCUT2D eigenvalue weighted by Gasteiger charge is -2.01. The van der Waals surface area contributed by atoms with Crippen LogP contribution in [0.5, 0.6) is 0 Å². The van der Waals surface area contributed by atoms with Crippen molar-refractivity contribution in [2.75, 3.05) is 6.61 Å². The van der Waals surface area contributed by atoms with Crippen molar-refractivity contribution in [2.24, 2.45) is 5.73 Å². The molecule has 10 heavy (non-hydrogen) atoms. The minimum atomic E-state index is -0.345. The van der Waals surface area contributed by atoms with Crippen LogP contribution in [-0.2, 0) is 0 Å². The van der Waals surface area contributed by atoms with Crippen molar-refractivity contribution in [3.8, 4) is 0 Å². The number of aromatic nitrogens is 1. The lowest BCUT2D eigenvalue weighted by molar-refractivity contribution is 0.266. The number of aliphatic hydroxyl groups is 1. The summed E-state index contributed by atoms with van der Waals surface area (Å²) in [6, 6.07) is -0.345. The summed E-state index contributed by atoms with van der Waals surface area (Å²) < 4.78 is 0.798. The molecule has 56 valence electrons. The van der Waals surface area contributed by atoms with Crippen molar-refractivity contribution in [3.63, 3.8) is 0 Å². The van der Waals surface area contributed by atoms with E-state index in [1.807, 2.05) is 5.38 Å². The second-order valence-corrected chi connectivity index (χ2v) is 3.95. The third kappa shape index (κ3) is 1.76. The molecule has 0 aromatic carbocycles. The van der Waals surface area contributed by atoms with Gasteiger partial charge in [-0.25, -0.2) is 4.98 Å². The van der Waals surface area contributed by atoms with E-state index in [0.29, 0.717) is 0 Å². The van der Waals surface area contributed by atoms with E-state index < -0.39 is 0 Å². The highest BCUT2D eigenvalue weighted by atomic mass is 79.9. The van der Waals surface area contributed by atoms with Gasteiger partial charge < -0.3 is 10.8 Å². The third-order valence-electron chi connectivity index (χ3n) is 1.07. The molecule has 0 saturated carbocycles. The molecule has 0 amide bonds. The Kier molecular flexibility index (Phi) is 2.79. The van der Waals surface area contributed by atoms with Crippen molar-refractivity contribution >= 4 is 27.3 Å². The molecule has 3 N–H and O–H groups in total. The fourth-order valence-electron chi connectivity index (χ4n) is 0.527. The van der Waals surface area contributed by atoms with Gasteiger partial charge in [-0.15, -0.1) is 11.3 Å². The SMILES string of the molecule is N[C@H](CO)c1csc(Br)n1. The second-order valence-electron chi connectivity index (χ2n) is 1.81. The molecule has 0 radical (unpaired) electrons. The Hall–Kier alpha value is 0.0300. The Morgan fingerprint density at radius 1 is 1.90 bits per heavy atom. The van der Waals surface area contributed by atoms with Crippen LogP contribution in [0.2, 0.25) is 0 Å². The number of hydrogen-bond acceptors (Lipinski definition) is 4. The fraction of sp³-hybridized carbons (Fsp3) is 0.400.